The van der Waals surface area contributed by atoms with E-state index in [2.05, 4.69) is 42.5 Å². The van der Waals surface area contributed by atoms with Gasteiger partial charge in [0.1, 0.15) is 18.0 Å². The van der Waals surface area contributed by atoms with E-state index in [0.717, 1.165) is 16.9 Å². The number of halogens is 2. The van der Waals surface area contributed by atoms with Crippen LogP contribution in [0.25, 0.3) is 6.08 Å². The molecule has 30 heavy (non-hydrogen) atoms. The van der Waals surface area contributed by atoms with Crippen molar-refractivity contribution in [3.63, 3.8) is 0 Å². The lowest BCUT2D eigenvalue weighted by Crippen LogP contribution is -2.38. The number of nitrogens with zero attached hydrogens (tertiary/aromatic N) is 1. The molecule has 0 aromatic heterocycles. The average Bonchev–Trinajstić information content (AvgIpc) is 2.95. The zero-order valence-corrected chi connectivity index (χ0v) is 19.5. The fourth-order valence-corrected chi connectivity index (χ4v) is 4.57. The number of urea groups is 1. The van der Waals surface area contributed by atoms with E-state index in [-0.39, 0.29) is 12.2 Å². The lowest BCUT2D eigenvalue weighted by atomic mass is 10.1. The van der Waals surface area contributed by atoms with Gasteiger partial charge in [-0.05, 0) is 73.7 Å². The maximum absolute atomic E-state index is 12.7. The lowest BCUT2D eigenvalue weighted by Gasteiger charge is -2.13. The van der Waals surface area contributed by atoms with Crippen LogP contribution in [0.4, 0.5) is 10.5 Å². The van der Waals surface area contributed by atoms with Crippen LogP contribution in [0, 0.1) is 0 Å². The van der Waals surface area contributed by atoms with Gasteiger partial charge in [0.2, 0.25) is 5.91 Å². The molecule has 7 nitrogen and oxygen atoms in total. The summed E-state index contributed by atoms with van der Waals surface area (Å²) < 4.78 is 6.64. The molecule has 0 spiro atoms. The summed E-state index contributed by atoms with van der Waals surface area (Å²) in [5.41, 5.74) is 2.40. The fourth-order valence-electron chi connectivity index (χ4n) is 3.02. The van der Waals surface area contributed by atoms with Gasteiger partial charge >= 0.3 is 6.03 Å². The SMILES string of the molecule is CCc1ccccc1NC(=O)CN1C(=O)N/C(=C/c2cc(Br)c(OC)c(Br)c2)C1=O. The van der Waals surface area contributed by atoms with E-state index < -0.39 is 17.8 Å². The maximum Gasteiger partial charge on any atom is 0.329 e. The number of carbonyl (C=O) groups excluding carboxylic acids is 3. The number of imide groups is 1. The zero-order chi connectivity index (χ0) is 21.8. The predicted octanol–water partition coefficient (Wildman–Crippen LogP) is 4.31. The Labute approximate surface area is 190 Å². The summed E-state index contributed by atoms with van der Waals surface area (Å²) in [6.45, 7) is 1.60. The molecule has 156 valence electrons. The van der Waals surface area contributed by atoms with Crippen molar-refractivity contribution in [1.29, 1.82) is 0 Å². The highest BCUT2D eigenvalue weighted by Gasteiger charge is 2.35. The molecular formula is C21H19Br2N3O4. The number of amides is 4. The van der Waals surface area contributed by atoms with Crippen molar-refractivity contribution in [1.82, 2.24) is 10.2 Å². The number of methoxy groups -OCH3 is 1. The smallest absolute Gasteiger partial charge is 0.329 e. The van der Waals surface area contributed by atoms with Crippen LogP contribution in [0.1, 0.15) is 18.1 Å². The first-order valence-electron chi connectivity index (χ1n) is 9.09. The Morgan fingerprint density at radius 1 is 1.20 bits per heavy atom. The third-order valence-corrected chi connectivity index (χ3v) is 5.65. The van der Waals surface area contributed by atoms with Gasteiger partial charge in [0.25, 0.3) is 5.91 Å². The number of hydrogen-bond donors (Lipinski definition) is 2. The van der Waals surface area contributed by atoms with Crippen LogP contribution in [-0.2, 0) is 16.0 Å². The first-order valence-corrected chi connectivity index (χ1v) is 10.7. The molecule has 0 radical (unpaired) electrons. The molecule has 2 aromatic rings. The molecular weight excluding hydrogens is 518 g/mol. The Bertz CT molecular complexity index is 1030. The quantitative estimate of drug-likeness (QED) is 0.425. The Morgan fingerprint density at radius 3 is 2.50 bits per heavy atom. The zero-order valence-electron chi connectivity index (χ0n) is 16.3. The van der Waals surface area contributed by atoms with Gasteiger partial charge < -0.3 is 15.4 Å². The number of hydrogen-bond acceptors (Lipinski definition) is 4. The summed E-state index contributed by atoms with van der Waals surface area (Å²) >= 11 is 6.80. The van der Waals surface area contributed by atoms with Crippen molar-refractivity contribution in [3.8, 4) is 5.75 Å². The molecule has 3 rings (SSSR count). The van der Waals surface area contributed by atoms with Crippen molar-refractivity contribution in [2.45, 2.75) is 13.3 Å². The van der Waals surface area contributed by atoms with Crippen molar-refractivity contribution >= 4 is 61.5 Å². The number of carbonyl (C=O) groups is 3. The molecule has 0 unspecified atom stereocenters. The van der Waals surface area contributed by atoms with Crippen LogP contribution in [0.3, 0.4) is 0 Å². The van der Waals surface area contributed by atoms with Gasteiger partial charge in [0.15, 0.2) is 0 Å². The standard InChI is InChI=1S/C21H19Br2N3O4/c1-3-13-6-4-5-7-16(13)24-18(27)11-26-20(28)17(25-21(26)29)10-12-8-14(22)19(30-2)15(23)9-12/h4-10H,3,11H2,1-2H3,(H,24,27)(H,25,29)/b17-10+. The normalized spacial score (nSPS) is 14.8. The van der Waals surface area contributed by atoms with Crippen molar-refractivity contribution in [2.24, 2.45) is 0 Å². The molecule has 0 atom stereocenters. The van der Waals surface area contributed by atoms with Gasteiger partial charge in [-0.1, -0.05) is 25.1 Å². The van der Waals surface area contributed by atoms with E-state index in [1.807, 2.05) is 25.1 Å². The minimum absolute atomic E-state index is 0.0886. The Morgan fingerprint density at radius 2 is 1.87 bits per heavy atom. The monoisotopic (exact) mass is 535 g/mol. The molecule has 0 bridgehead atoms. The highest BCUT2D eigenvalue weighted by Crippen LogP contribution is 2.35. The summed E-state index contributed by atoms with van der Waals surface area (Å²) in [6, 6.07) is 10.3. The van der Waals surface area contributed by atoms with Gasteiger partial charge in [0.05, 0.1) is 16.1 Å². The highest BCUT2D eigenvalue weighted by atomic mass is 79.9. The molecule has 1 heterocycles. The first-order chi connectivity index (χ1) is 14.3. The molecule has 1 fully saturated rings. The summed E-state index contributed by atoms with van der Waals surface area (Å²) in [7, 11) is 1.55. The average molecular weight is 537 g/mol. The lowest BCUT2D eigenvalue weighted by molar-refractivity contribution is -0.127. The van der Waals surface area contributed by atoms with Crippen LogP contribution < -0.4 is 15.4 Å². The Balaban J connectivity index is 1.75. The second kappa shape index (κ2) is 9.44. The molecule has 1 saturated heterocycles. The summed E-state index contributed by atoms with van der Waals surface area (Å²) in [6.07, 6.45) is 2.29. The Hall–Kier alpha value is -2.65. The van der Waals surface area contributed by atoms with E-state index >= 15 is 0 Å². The fraction of sp³-hybridized carbons (Fsp3) is 0.190. The maximum atomic E-state index is 12.7. The van der Waals surface area contributed by atoms with Crippen molar-refractivity contribution in [3.05, 3.63) is 62.2 Å². The van der Waals surface area contributed by atoms with Crippen LogP contribution >= 0.6 is 31.9 Å². The largest absolute Gasteiger partial charge is 0.494 e. The topological polar surface area (TPSA) is 87.7 Å². The third-order valence-electron chi connectivity index (χ3n) is 4.47. The second-order valence-corrected chi connectivity index (χ2v) is 8.16. The molecule has 4 amide bonds. The van der Waals surface area contributed by atoms with Gasteiger partial charge in [-0.25, -0.2) is 9.69 Å². The minimum atomic E-state index is -0.642. The number of ether oxygens (including phenoxy) is 1. The van der Waals surface area contributed by atoms with E-state index in [4.69, 9.17) is 4.74 Å². The third kappa shape index (κ3) is 4.73. The second-order valence-electron chi connectivity index (χ2n) is 6.46. The number of aryl methyl sites for hydroxylation is 1. The molecule has 1 aliphatic rings. The molecule has 2 N–H and O–H groups in total. The highest BCUT2D eigenvalue weighted by molar-refractivity contribution is 9.11. The molecule has 1 aliphatic heterocycles. The first kappa shape index (κ1) is 22.0. The van der Waals surface area contributed by atoms with Gasteiger partial charge in [0, 0.05) is 5.69 Å². The van der Waals surface area contributed by atoms with Gasteiger partial charge in [-0.15, -0.1) is 0 Å². The number of rotatable bonds is 6. The number of anilines is 1. The predicted molar refractivity (Wildman–Crippen MR) is 121 cm³/mol. The Kier molecular flexibility index (Phi) is 6.94. The van der Waals surface area contributed by atoms with Crippen molar-refractivity contribution < 1.29 is 19.1 Å². The number of para-hydroxylation sites is 1. The van der Waals surface area contributed by atoms with Crippen LogP contribution in [-0.4, -0.2) is 36.4 Å². The van der Waals surface area contributed by atoms with Crippen LogP contribution in [0.5, 0.6) is 5.75 Å². The molecule has 9 heteroatoms. The van der Waals surface area contributed by atoms with Crippen molar-refractivity contribution in [2.75, 3.05) is 19.0 Å². The van der Waals surface area contributed by atoms with Gasteiger partial charge in [-0.3, -0.25) is 9.59 Å². The molecule has 2 aromatic carbocycles. The minimum Gasteiger partial charge on any atom is -0.494 e. The van der Waals surface area contributed by atoms with E-state index in [1.165, 1.54) is 0 Å². The van der Waals surface area contributed by atoms with E-state index in [1.54, 1.807) is 31.4 Å². The van der Waals surface area contributed by atoms with Crippen LogP contribution in [0.2, 0.25) is 0 Å². The summed E-state index contributed by atoms with van der Waals surface area (Å²) in [4.78, 5) is 38.2. The van der Waals surface area contributed by atoms with E-state index in [0.29, 0.717) is 25.9 Å². The van der Waals surface area contributed by atoms with Gasteiger partial charge in [-0.2, -0.15) is 0 Å². The number of nitrogens with one attached hydrogen (secondary N) is 2. The summed E-state index contributed by atoms with van der Waals surface area (Å²) in [5, 5.41) is 5.28. The van der Waals surface area contributed by atoms with Crippen LogP contribution in [0.15, 0.2) is 51.0 Å². The number of benzene rings is 2. The molecule has 0 aliphatic carbocycles. The molecule has 0 saturated carbocycles. The van der Waals surface area contributed by atoms with E-state index in [9.17, 15) is 14.4 Å². The summed E-state index contributed by atoms with van der Waals surface area (Å²) in [5.74, 6) is -0.401.